The molecule has 0 aliphatic rings. The van der Waals surface area contributed by atoms with Crippen molar-refractivity contribution in [2.24, 2.45) is 0 Å². The molecule has 2 aromatic carbocycles. The van der Waals surface area contributed by atoms with Crippen molar-refractivity contribution in [3.05, 3.63) is 59.7 Å². The lowest BCUT2D eigenvalue weighted by Gasteiger charge is -2.04. The minimum absolute atomic E-state index is 0.0136. The number of hydrogen-bond donors (Lipinski definition) is 2. The van der Waals surface area contributed by atoms with Crippen LogP contribution >= 0.6 is 0 Å². The fraction of sp³-hybridized carbons (Fsp3) is 0.222. The van der Waals surface area contributed by atoms with Gasteiger partial charge in [-0.1, -0.05) is 36.4 Å². The van der Waals surface area contributed by atoms with Crippen LogP contribution in [0.15, 0.2) is 48.5 Å². The highest BCUT2D eigenvalue weighted by Gasteiger charge is 1.95. The normalized spacial score (nSPS) is 10.8. The first-order valence-corrected chi connectivity index (χ1v) is 7.17. The summed E-state index contributed by atoms with van der Waals surface area (Å²) >= 11 is 0. The van der Waals surface area contributed by atoms with Crippen LogP contribution in [0, 0.1) is 0 Å². The van der Waals surface area contributed by atoms with E-state index in [9.17, 15) is 0 Å². The van der Waals surface area contributed by atoms with Crippen LogP contribution in [0.4, 0.5) is 0 Å². The van der Waals surface area contributed by atoms with Gasteiger partial charge in [0.15, 0.2) is 0 Å². The Balaban J connectivity index is 1.93. The minimum Gasteiger partial charge on any atom is -0.491 e. The predicted octanol–water partition coefficient (Wildman–Crippen LogP) is 2.60. The number of benzene rings is 2. The van der Waals surface area contributed by atoms with Gasteiger partial charge in [-0.3, -0.25) is 0 Å². The van der Waals surface area contributed by atoms with Crippen LogP contribution in [0.2, 0.25) is 0 Å². The largest absolute Gasteiger partial charge is 0.491 e. The first kappa shape index (κ1) is 16.1. The third kappa shape index (κ3) is 5.24. The summed E-state index contributed by atoms with van der Waals surface area (Å²) in [6.45, 7) is 0.638. The summed E-state index contributed by atoms with van der Waals surface area (Å²) in [5.74, 6) is 1.49. The van der Waals surface area contributed by atoms with E-state index in [-0.39, 0.29) is 13.2 Å². The van der Waals surface area contributed by atoms with E-state index in [0.717, 1.165) is 22.6 Å². The molecule has 0 saturated heterocycles. The number of rotatable bonds is 8. The molecular formula is C18H20O4. The summed E-state index contributed by atoms with van der Waals surface area (Å²) in [6, 6.07) is 15.3. The average Bonchev–Trinajstić information content (AvgIpc) is 2.58. The SMILES string of the molecule is OCCOc1ccc(/C=C/c2ccc(OCCO)cc2)cc1. The van der Waals surface area contributed by atoms with Gasteiger partial charge in [-0.15, -0.1) is 0 Å². The maximum Gasteiger partial charge on any atom is 0.119 e. The Bertz CT molecular complexity index is 520. The van der Waals surface area contributed by atoms with Gasteiger partial charge in [-0.2, -0.15) is 0 Å². The van der Waals surface area contributed by atoms with Gasteiger partial charge in [0.1, 0.15) is 24.7 Å². The van der Waals surface area contributed by atoms with E-state index in [1.807, 2.05) is 60.7 Å². The molecule has 0 aliphatic heterocycles. The van der Waals surface area contributed by atoms with E-state index in [1.54, 1.807) is 0 Å². The molecule has 0 saturated carbocycles. The molecule has 0 heterocycles. The molecule has 116 valence electrons. The lowest BCUT2D eigenvalue weighted by Crippen LogP contribution is -2.01. The standard InChI is InChI=1S/C18H20O4/c19-11-13-21-17-7-3-15(4-8-17)1-2-16-5-9-18(10-6-16)22-14-12-20/h1-10,19-20H,11-14H2/b2-1+. The third-order valence-corrected chi connectivity index (χ3v) is 2.95. The minimum atomic E-state index is 0.0136. The molecule has 0 aromatic heterocycles. The zero-order chi connectivity index (χ0) is 15.6. The zero-order valence-electron chi connectivity index (χ0n) is 12.3. The fourth-order valence-corrected chi connectivity index (χ4v) is 1.87. The van der Waals surface area contributed by atoms with E-state index in [1.165, 1.54) is 0 Å². The van der Waals surface area contributed by atoms with Crippen LogP contribution in [-0.4, -0.2) is 36.6 Å². The van der Waals surface area contributed by atoms with E-state index < -0.39 is 0 Å². The van der Waals surface area contributed by atoms with Crippen LogP contribution in [0.1, 0.15) is 11.1 Å². The summed E-state index contributed by atoms with van der Waals surface area (Å²) in [5.41, 5.74) is 2.13. The van der Waals surface area contributed by atoms with Gasteiger partial charge in [-0.25, -0.2) is 0 Å². The highest BCUT2D eigenvalue weighted by molar-refractivity contribution is 5.70. The second-order valence-electron chi connectivity index (χ2n) is 4.62. The van der Waals surface area contributed by atoms with Crippen molar-refractivity contribution < 1.29 is 19.7 Å². The second kappa shape index (κ2) is 8.87. The van der Waals surface area contributed by atoms with E-state index in [0.29, 0.717) is 13.2 Å². The van der Waals surface area contributed by atoms with Gasteiger partial charge in [0.2, 0.25) is 0 Å². The van der Waals surface area contributed by atoms with Crippen molar-refractivity contribution in [2.45, 2.75) is 0 Å². The van der Waals surface area contributed by atoms with Gasteiger partial charge in [0.05, 0.1) is 13.2 Å². The van der Waals surface area contributed by atoms with Crippen molar-refractivity contribution in [1.82, 2.24) is 0 Å². The lowest BCUT2D eigenvalue weighted by molar-refractivity contribution is 0.201. The summed E-state index contributed by atoms with van der Waals surface area (Å²) in [5, 5.41) is 17.4. The first-order chi connectivity index (χ1) is 10.8. The monoisotopic (exact) mass is 300 g/mol. The van der Waals surface area contributed by atoms with Crippen molar-refractivity contribution >= 4 is 12.2 Å². The quantitative estimate of drug-likeness (QED) is 0.736. The van der Waals surface area contributed by atoms with E-state index in [4.69, 9.17) is 19.7 Å². The molecule has 0 fully saturated rings. The Hall–Kier alpha value is -2.30. The highest BCUT2D eigenvalue weighted by Crippen LogP contribution is 2.16. The van der Waals surface area contributed by atoms with Gasteiger partial charge in [0, 0.05) is 0 Å². The Kier molecular flexibility index (Phi) is 6.48. The average molecular weight is 300 g/mol. The smallest absolute Gasteiger partial charge is 0.119 e. The molecule has 2 N–H and O–H groups in total. The summed E-state index contributed by atoms with van der Waals surface area (Å²) in [7, 11) is 0. The van der Waals surface area contributed by atoms with Gasteiger partial charge in [-0.05, 0) is 35.4 Å². The molecule has 0 amide bonds. The van der Waals surface area contributed by atoms with Crippen molar-refractivity contribution in [1.29, 1.82) is 0 Å². The second-order valence-corrected chi connectivity index (χ2v) is 4.62. The summed E-state index contributed by atoms with van der Waals surface area (Å²) in [6.07, 6.45) is 4.03. The maximum absolute atomic E-state index is 8.70. The van der Waals surface area contributed by atoms with Crippen molar-refractivity contribution in [2.75, 3.05) is 26.4 Å². The molecule has 2 aromatic rings. The number of aliphatic hydroxyl groups is 2. The Morgan fingerprint density at radius 3 is 1.32 bits per heavy atom. The van der Waals surface area contributed by atoms with Crippen LogP contribution in [-0.2, 0) is 0 Å². The van der Waals surface area contributed by atoms with Crippen molar-refractivity contribution in [3.63, 3.8) is 0 Å². The van der Waals surface area contributed by atoms with Gasteiger partial charge >= 0.3 is 0 Å². The molecular weight excluding hydrogens is 280 g/mol. The van der Waals surface area contributed by atoms with Crippen LogP contribution in [0.5, 0.6) is 11.5 Å². The molecule has 4 heteroatoms. The number of aliphatic hydroxyl groups excluding tert-OH is 2. The molecule has 0 radical (unpaired) electrons. The van der Waals surface area contributed by atoms with Crippen LogP contribution in [0.3, 0.4) is 0 Å². The summed E-state index contributed by atoms with van der Waals surface area (Å²) in [4.78, 5) is 0. The molecule has 0 bridgehead atoms. The fourth-order valence-electron chi connectivity index (χ4n) is 1.87. The third-order valence-electron chi connectivity index (χ3n) is 2.95. The predicted molar refractivity (Wildman–Crippen MR) is 87.0 cm³/mol. The maximum atomic E-state index is 8.70. The Labute approximate surface area is 130 Å². The number of ether oxygens (including phenoxy) is 2. The first-order valence-electron chi connectivity index (χ1n) is 7.17. The van der Waals surface area contributed by atoms with E-state index >= 15 is 0 Å². The molecule has 0 atom stereocenters. The Morgan fingerprint density at radius 1 is 0.636 bits per heavy atom. The topological polar surface area (TPSA) is 58.9 Å². The van der Waals surface area contributed by atoms with E-state index in [2.05, 4.69) is 0 Å². The molecule has 0 aliphatic carbocycles. The lowest BCUT2D eigenvalue weighted by atomic mass is 10.1. The van der Waals surface area contributed by atoms with Crippen LogP contribution < -0.4 is 9.47 Å². The van der Waals surface area contributed by atoms with Gasteiger partial charge in [0.25, 0.3) is 0 Å². The molecule has 22 heavy (non-hydrogen) atoms. The molecule has 4 nitrogen and oxygen atoms in total. The molecule has 0 spiro atoms. The Morgan fingerprint density at radius 2 is 1.00 bits per heavy atom. The number of hydrogen-bond acceptors (Lipinski definition) is 4. The van der Waals surface area contributed by atoms with Gasteiger partial charge < -0.3 is 19.7 Å². The molecule has 2 rings (SSSR count). The molecule has 0 unspecified atom stereocenters. The highest BCUT2D eigenvalue weighted by atomic mass is 16.5. The van der Waals surface area contributed by atoms with Crippen LogP contribution in [0.25, 0.3) is 12.2 Å². The summed E-state index contributed by atoms with van der Waals surface area (Å²) < 4.78 is 10.6. The zero-order valence-corrected chi connectivity index (χ0v) is 12.3. The van der Waals surface area contributed by atoms with Crippen molar-refractivity contribution in [3.8, 4) is 11.5 Å².